The molecule has 8 nitrogen and oxygen atoms in total. The number of pyridine rings is 1. The van der Waals surface area contributed by atoms with Crippen molar-refractivity contribution >= 4 is 28.9 Å². The van der Waals surface area contributed by atoms with Crippen molar-refractivity contribution in [3.8, 4) is 0 Å². The van der Waals surface area contributed by atoms with Gasteiger partial charge >= 0.3 is 5.97 Å². The van der Waals surface area contributed by atoms with Gasteiger partial charge in [-0.25, -0.2) is 9.78 Å². The van der Waals surface area contributed by atoms with Crippen LogP contribution in [0, 0.1) is 6.92 Å². The number of hydrogen-bond acceptors (Lipinski definition) is 6. The normalized spacial score (nSPS) is 14.1. The summed E-state index contributed by atoms with van der Waals surface area (Å²) in [5, 5.41) is 2.78. The first-order valence-corrected chi connectivity index (χ1v) is 12.1. The molecule has 1 amide bonds. The third-order valence-electron chi connectivity index (χ3n) is 6.38. The van der Waals surface area contributed by atoms with Crippen LogP contribution in [0.3, 0.4) is 0 Å². The Balaban J connectivity index is 1.08. The Morgan fingerprint density at radius 3 is 2.39 bits per heavy atom. The zero-order valence-electron chi connectivity index (χ0n) is 20.3. The first kappa shape index (κ1) is 23.6. The summed E-state index contributed by atoms with van der Waals surface area (Å²) in [7, 11) is 0. The molecule has 2 aromatic heterocycles. The Kier molecular flexibility index (Phi) is 6.95. The number of ether oxygens (including phenoxy) is 1. The summed E-state index contributed by atoms with van der Waals surface area (Å²) in [5.41, 5.74) is 4.90. The quantitative estimate of drug-likeness (QED) is 0.403. The van der Waals surface area contributed by atoms with Gasteiger partial charge in [0.15, 0.2) is 12.3 Å². The molecule has 0 spiro atoms. The number of fused-ring (bicyclic) bond motifs is 1. The standard InChI is InChI=1S/C28H29N5O3/c1-21-6-5-9-26-30-25(19-33(21)26)28(35)36-20-27(34)29-23-10-12-24(13-11-23)32-16-14-31(15-17-32)18-22-7-3-2-4-8-22/h2-13,19H,14-18,20H2,1H3,(H,29,34). The fraction of sp³-hybridized carbons (Fsp3) is 0.250. The minimum atomic E-state index is -0.630. The monoisotopic (exact) mass is 483 g/mol. The van der Waals surface area contributed by atoms with Crippen molar-refractivity contribution in [2.24, 2.45) is 0 Å². The van der Waals surface area contributed by atoms with E-state index in [2.05, 4.69) is 44.4 Å². The minimum absolute atomic E-state index is 0.172. The summed E-state index contributed by atoms with van der Waals surface area (Å²) in [6, 6.07) is 23.9. The summed E-state index contributed by atoms with van der Waals surface area (Å²) < 4.78 is 6.97. The van der Waals surface area contributed by atoms with Gasteiger partial charge in [0.25, 0.3) is 5.91 Å². The molecule has 0 radical (unpaired) electrons. The van der Waals surface area contributed by atoms with E-state index in [9.17, 15) is 9.59 Å². The van der Waals surface area contributed by atoms with E-state index in [1.807, 2.05) is 55.5 Å². The molecular formula is C28H29N5O3. The molecule has 4 aromatic rings. The predicted molar refractivity (Wildman–Crippen MR) is 139 cm³/mol. The van der Waals surface area contributed by atoms with E-state index >= 15 is 0 Å². The molecule has 1 fully saturated rings. The van der Waals surface area contributed by atoms with Gasteiger partial charge < -0.3 is 19.4 Å². The summed E-state index contributed by atoms with van der Waals surface area (Å²) in [4.78, 5) is 33.7. The molecule has 184 valence electrons. The molecule has 0 aliphatic carbocycles. The Bertz CT molecular complexity index is 1340. The number of imidazole rings is 1. The first-order valence-electron chi connectivity index (χ1n) is 12.1. The maximum Gasteiger partial charge on any atom is 0.359 e. The molecule has 5 rings (SSSR count). The maximum absolute atomic E-state index is 12.3. The van der Waals surface area contributed by atoms with Gasteiger partial charge in [-0.3, -0.25) is 9.69 Å². The number of nitrogens with one attached hydrogen (secondary N) is 1. The lowest BCUT2D eigenvalue weighted by atomic mass is 10.2. The SMILES string of the molecule is Cc1cccc2nc(C(=O)OCC(=O)Nc3ccc(N4CCN(Cc5ccccc5)CC4)cc3)cn12. The average Bonchev–Trinajstić information content (AvgIpc) is 3.35. The molecule has 2 aromatic carbocycles. The fourth-order valence-corrected chi connectivity index (χ4v) is 4.41. The van der Waals surface area contributed by atoms with Gasteiger partial charge in [0.1, 0.15) is 5.65 Å². The number of aromatic nitrogens is 2. The van der Waals surface area contributed by atoms with Crippen LogP contribution in [-0.4, -0.2) is 58.9 Å². The van der Waals surface area contributed by atoms with Crippen LogP contribution in [0.1, 0.15) is 21.7 Å². The molecule has 1 aliphatic rings. The molecular weight excluding hydrogens is 454 g/mol. The van der Waals surface area contributed by atoms with Crippen LogP contribution >= 0.6 is 0 Å². The molecule has 1 aliphatic heterocycles. The van der Waals surface area contributed by atoms with Crippen LogP contribution in [0.4, 0.5) is 11.4 Å². The zero-order chi connectivity index (χ0) is 24.9. The van der Waals surface area contributed by atoms with E-state index in [1.165, 1.54) is 5.56 Å². The number of carbonyl (C=O) groups excluding carboxylic acids is 2. The average molecular weight is 484 g/mol. The highest BCUT2D eigenvalue weighted by atomic mass is 16.5. The van der Waals surface area contributed by atoms with E-state index in [1.54, 1.807) is 10.6 Å². The lowest BCUT2D eigenvalue weighted by Gasteiger charge is -2.36. The van der Waals surface area contributed by atoms with E-state index in [0.717, 1.165) is 44.1 Å². The molecule has 1 saturated heterocycles. The molecule has 36 heavy (non-hydrogen) atoms. The van der Waals surface area contributed by atoms with Crippen LogP contribution in [0.15, 0.2) is 79.0 Å². The highest BCUT2D eigenvalue weighted by Crippen LogP contribution is 2.20. The smallest absolute Gasteiger partial charge is 0.359 e. The summed E-state index contributed by atoms with van der Waals surface area (Å²) in [6.45, 7) is 6.44. The number of amides is 1. The van der Waals surface area contributed by atoms with Crippen LogP contribution in [-0.2, 0) is 16.1 Å². The van der Waals surface area contributed by atoms with E-state index in [4.69, 9.17) is 4.74 Å². The second-order valence-electron chi connectivity index (χ2n) is 8.94. The Morgan fingerprint density at radius 1 is 0.917 bits per heavy atom. The van der Waals surface area contributed by atoms with Crippen molar-refractivity contribution in [3.63, 3.8) is 0 Å². The van der Waals surface area contributed by atoms with Crippen molar-refractivity contribution in [2.75, 3.05) is 43.0 Å². The number of esters is 1. The Morgan fingerprint density at radius 2 is 1.67 bits per heavy atom. The second-order valence-corrected chi connectivity index (χ2v) is 8.94. The lowest BCUT2D eigenvalue weighted by molar-refractivity contribution is -0.119. The molecule has 0 bridgehead atoms. The van der Waals surface area contributed by atoms with Crippen LogP contribution < -0.4 is 10.2 Å². The number of aryl methyl sites for hydroxylation is 1. The topological polar surface area (TPSA) is 79.2 Å². The van der Waals surface area contributed by atoms with Crippen molar-refractivity contribution in [1.29, 1.82) is 0 Å². The highest BCUT2D eigenvalue weighted by molar-refractivity contribution is 5.95. The van der Waals surface area contributed by atoms with Crippen LogP contribution in [0.25, 0.3) is 5.65 Å². The van der Waals surface area contributed by atoms with E-state index < -0.39 is 11.9 Å². The molecule has 0 atom stereocenters. The number of piperazine rings is 1. The van der Waals surface area contributed by atoms with Gasteiger partial charge in [0.2, 0.25) is 0 Å². The minimum Gasteiger partial charge on any atom is -0.451 e. The molecule has 8 heteroatoms. The maximum atomic E-state index is 12.3. The lowest BCUT2D eigenvalue weighted by Crippen LogP contribution is -2.45. The van der Waals surface area contributed by atoms with E-state index in [0.29, 0.717) is 11.3 Å². The molecule has 0 saturated carbocycles. The summed E-state index contributed by atoms with van der Waals surface area (Å²) in [5.74, 6) is -1.03. The first-order chi connectivity index (χ1) is 17.5. The Labute approximate surface area is 210 Å². The number of nitrogens with zero attached hydrogens (tertiary/aromatic N) is 4. The van der Waals surface area contributed by atoms with Gasteiger partial charge in [-0.05, 0) is 48.9 Å². The number of hydrogen-bond donors (Lipinski definition) is 1. The third-order valence-corrected chi connectivity index (χ3v) is 6.38. The molecule has 0 unspecified atom stereocenters. The summed E-state index contributed by atoms with van der Waals surface area (Å²) >= 11 is 0. The van der Waals surface area contributed by atoms with Crippen molar-refractivity contribution in [2.45, 2.75) is 13.5 Å². The molecule has 1 N–H and O–H groups in total. The number of rotatable bonds is 7. The van der Waals surface area contributed by atoms with Gasteiger partial charge in [-0.2, -0.15) is 0 Å². The second kappa shape index (κ2) is 10.6. The van der Waals surface area contributed by atoms with Crippen molar-refractivity contribution in [1.82, 2.24) is 14.3 Å². The van der Waals surface area contributed by atoms with Gasteiger partial charge in [0, 0.05) is 56.0 Å². The largest absolute Gasteiger partial charge is 0.451 e. The van der Waals surface area contributed by atoms with Crippen LogP contribution in [0.5, 0.6) is 0 Å². The van der Waals surface area contributed by atoms with Gasteiger partial charge in [0.05, 0.1) is 0 Å². The van der Waals surface area contributed by atoms with E-state index in [-0.39, 0.29) is 12.3 Å². The summed E-state index contributed by atoms with van der Waals surface area (Å²) in [6.07, 6.45) is 1.62. The zero-order valence-corrected chi connectivity index (χ0v) is 20.3. The Hall–Kier alpha value is -4.17. The third kappa shape index (κ3) is 5.55. The predicted octanol–water partition coefficient (Wildman–Crippen LogP) is 3.76. The van der Waals surface area contributed by atoms with Crippen molar-refractivity contribution in [3.05, 3.63) is 95.9 Å². The fourth-order valence-electron chi connectivity index (χ4n) is 4.41. The van der Waals surface area contributed by atoms with Gasteiger partial charge in [-0.15, -0.1) is 0 Å². The number of anilines is 2. The van der Waals surface area contributed by atoms with Crippen molar-refractivity contribution < 1.29 is 14.3 Å². The molecule has 3 heterocycles. The number of benzene rings is 2. The van der Waals surface area contributed by atoms with Crippen LogP contribution in [0.2, 0.25) is 0 Å². The number of carbonyl (C=O) groups is 2. The van der Waals surface area contributed by atoms with Gasteiger partial charge in [-0.1, -0.05) is 36.4 Å². The highest BCUT2D eigenvalue weighted by Gasteiger charge is 2.18.